The van der Waals surface area contributed by atoms with Crippen LogP contribution in [0.5, 0.6) is 0 Å². The second-order valence-electron chi connectivity index (χ2n) is 6.19. The quantitative estimate of drug-likeness (QED) is 0.600. The summed E-state index contributed by atoms with van der Waals surface area (Å²) >= 11 is 6.55. The highest BCUT2D eigenvalue weighted by molar-refractivity contribution is 8.27. The first-order chi connectivity index (χ1) is 12.4. The predicted octanol–water partition coefficient (Wildman–Crippen LogP) is 4.91. The van der Waals surface area contributed by atoms with Crippen molar-refractivity contribution in [2.45, 2.75) is 19.8 Å². The molecule has 0 radical (unpaired) electrons. The van der Waals surface area contributed by atoms with Crippen LogP contribution < -0.4 is 4.90 Å². The van der Waals surface area contributed by atoms with E-state index in [0.717, 1.165) is 5.56 Å². The molecule has 1 aliphatic rings. The zero-order chi connectivity index (χ0) is 18.8. The third kappa shape index (κ3) is 3.71. The van der Waals surface area contributed by atoms with Crippen LogP contribution in [0.2, 0.25) is 0 Å². The number of carbonyl (C=O) groups excluding carboxylic acids is 1. The van der Waals surface area contributed by atoms with Crippen LogP contribution in [0.25, 0.3) is 6.08 Å². The normalized spacial score (nSPS) is 16.0. The van der Waals surface area contributed by atoms with E-state index in [2.05, 4.69) is 13.8 Å². The number of hydrogen-bond donors (Lipinski definition) is 1. The molecule has 1 saturated heterocycles. The summed E-state index contributed by atoms with van der Waals surface area (Å²) in [4.78, 5) is 25.8. The van der Waals surface area contributed by atoms with Crippen molar-refractivity contribution in [3.8, 4) is 0 Å². The van der Waals surface area contributed by atoms with Crippen molar-refractivity contribution in [2.24, 2.45) is 0 Å². The standard InChI is InChI=1S/C20H17NO3S2/c1-12(2)14-8-6-13(7-9-14)10-17-18(22)21(20(25)26-17)16-5-3-4-15(11-16)19(23)24/h3-12H,1-2H3,(H,23,24)/b17-10-. The van der Waals surface area contributed by atoms with Crippen molar-refractivity contribution in [1.82, 2.24) is 0 Å². The van der Waals surface area contributed by atoms with Gasteiger partial charge < -0.3 is 5.11 Å². The summed E-state index contributed by atoms with van der Waals surface area (Å²) in [6.45, 7) is 4.26. The molecule has 0 saturated carbocycles. The maximum absolute atomic E-state index is 12.8. The predicted molar refractivity (Wildman–Crippen MR) is 110 cm³/mol. The summed E-state index contributed by atoms with van der Waals surface area (Å²) < 4.78 is 0.391. The fraction of sp³-hybridized carbons (Fsp3) is 0.150. The Hall–Kier alpha value is -2.44. The van der Waals surface area contributed by atoms with Crippen LogP contribution in [0, 0.1) is 0 Å². The Balaban J connectivity index is 1.89. The summed E-state index contributed by atoms with van der Waals surface area (Å²) in [5, 5.41) is 9.14. The highest BCUT2D eigenvalue weighted by Gasteiger charge is 2.33. The van der Waals surface area contributed by atoms with E-state index in [4.69, 9.17) is 17.3 Å². The number of amides is 1. The molecular weight excluding hydrogens is 366 g/mol. The maximum atomic E-state index is 12.8. The van der Waals surface area contributed by atoms with Gasteiger partial charge in [0.05, 0.1) is 16.2 Å². The molecule has 1 N–H and O–H groups in total. The van der Waals surface area contributed by atoms with E-state index in [1.54, 1.807) is 12.1 Å². The molecule has 6 heteroatoms. The van der Waals surface area contributed by atoms with Crippen LogP contribution in [-0.4, -0.2) is 21.3 Å². The van der Waals surface area contributed by atoms with Crippen LogP contribution in [0.4, 0.5) is 5.69 Å². The number of hydrogen-bond acceptors (Lipinski definition) is 4. The molecule has 2 aromatic carbocycles. The molecule has 1 aliphatic heterocycles. The smallest absolute Gasteiger partial charge is 0.335 e. The van der Waals surface area contributed by atoms with Crippen molar-refractivity contribution in [2.75, 3.05) is 4.90 Å². The Morgan fingerprint density at radius 3 is 2.50 bits per heavy atom. The summed E-state index contributed by atoms with van der Waals surface area (Å²) in [7, 11) is 0. The van der Waals surface area contributed by atoms with Crippen molar-refractivity contribution >= 4 is 51.9 Å². The lowest BCUT2D eigenvalue weighted by Crippen LogP contribution is -2.27. The fourth-order valence-electron chi connectivity index (χ4n) is 2.60. The molecule has 0 atom stereocenters. The van der Waals surface area contributed by atoms with Crippen molar-refractivity contribution < 1.29 is 14.7 Å². The molecule has 0 unspecified atom stereocenters. The van der Waals surface area contributed by atoms with Crippen molar-refractivity contribution in [3.05, 3.63) is 70.1 Å². The number of thiocarbonyl (C=S) groups is 1. The van der Waals surface area contributed by atoms with Crippen LogP contribution >= 0.6 is 24.0 Å². The monoisotopic (exact) mass is 383 g/mol. The lowest BCUT2D eigenvalue weighted by molar-refractivity contribution is -0.113. The van der Waals surface area contributed by atoms with Gasteiger partial charge in [0.2, 0.25) is 0 Å². The Morgan fingerprint density at radius 2 is 1.88 bits per heavy atom. The number of aromatic carboxylic acids is 1. The van der Waals surface area contributed by atoms with Gasteiger partial charge in [0, 0.05) is 0 Å². The summed E-state index contributed by atoms with van der Waals surface area (Å²) in [5.41, 5.74) is 2.74. The zero-order valence-electron chi connectivity index (χ0n) is 14.3. The SMILES string of the molecule is CC(C)c1ccc(/C=C2\SC(=S)N(c3cccc(C(=O)O)c3)C2=O)cc1. The molecule has 0 spiro atoms. The van der Waals surface area contributed by atoms with E-state index < -0.39 is 5.97 Å². The third-order valence-corrected chi connectivity index (χ3v) is 5.35. The first kappa shape index (κ1) is 18.4. The Labute approximate surface area is 161 Å². The molecule has 0 bridgehead atoms. The van der Waals surface area contributed by atoms with Crippen LogP contribution in [0.1, 0.15) is 41.3 Å². The van der Waals surface area contributed by atoms with E-state index in [9.17, 15) is 9.59 Å². The van der Waals surface area contributed by atoms with Gasteiger partial charge in [-0.3, -0.25) is 9.69 Å². The van der Waals surface area contributed by atoms with E-state index in [1.165, 1.54) is 34.4 Å². The van der Waals surface area contributed by atoms with Gasteiger partial charge in [-0.1, -0.05) is 68.2 Å². The van der Waals surface area contributed by atoms with Gasteiger partial charge in [0.1, 0.15) is 0 Å². The largest absolute Gasteiger partial charge is 0.478 e. The summed E-state index contributed by atoms with van der Waals surface area (Å²) in [6.07, 6.45) is 1.81. The maximum Gasteiger partial charge on any atom is 0.335 e. The van der Waals surface area contributed by atoms with E-state index in [-0.39, 0.29) is 11.5 Å². The Kier molecular flexibility index (Phi) is 5.25. The molecule has 1 heterocycles. The van der Waals surface area contributed by atoms with Gasteiger partial charge in [-0.05, 0) is 41.3 Å². The van der Waals surface area contributed by atoms with Gasteiger partial charge >= 0.3 is 5.97 Å². The summed E-state index contributed by atoms with van der Waals surface area (Å²) in [6, 6.07) is 14.3. The van der Waals surface area contributed by atoms with Gasteiger partial charge in [0.15, 0.2) is 4.32 Å². The van der Waals surface area contributed by atoms with E-state index >= 15 is 0 Å². The van der Waals surface area contributed by atoms with Crippen molar-refractivity contribution in [1.29, 1.82) is 0 Å². The minimum absolute atomic E-state index is 0.116. The highest BCUT2D eigenvalue weighted by atomic mass is 32.2. The van der Waals surface area contributed by atoms with Crippen LogP contribution in [0.15, 0.2) is 53.4 Å². The van der Waals surface area contributed by atoms with E-state index in [0.29, 0.717) is 20.8 Å². The highest BCUT2D eigenvalue weighted by Crippen LogP contribution is 2.36. The molecule has 4 nitrogen and oxygen atoms in total. The number of nitrogens with zero attached hydrogens (tertiary/aromatic N) is 1. The molecule has 26 heavy (non-hydrogen) atoms. The topological polar surface area (TPSA) is 57.6 Å². The number of anilines is 1. The van der Waals surface area contributed by atoms with Gasteiger partial charge in [-0.2, -0.15) is 0 Å². The number of carboxylic acid groups (broad SMARTS) is 1. The molecule has 0 aromatic heterocycles. The first-order valence-corrected chi connectivity index (χ1v) is 9.30. The van der Waals surface area contributed by atoms with Crippen molar-refractivity contribution in [3.63, 3.8) is 0 Å². The molecule has 132 valence electrons. The lowest BCUT2D eigenvalue weighted by Gasteiger charge is -2.14. The number of thioether (sulfide) groups is 1. The molecular formula is C20H17NO3S2. The first-order valence-electron chi connectivity index (χ1n) is 8.08. The zero-order valence-corrected chi connectivity index (χ0v) is 15.9. The number of carbonyl (C=O) groups is 2. The lowest BCUT2D eigenvalue weighted by atomic mass is 10.0. The Morgan fingerprint density at radius 1 is 1.19 bits per heavy atom. The fourth-order valence-corrected chi connectivity index (χ4v) is 3.90. The average Bonchev–Trinajstić information content (AvgIpc) is 2.89. The molecule has 3 rings (SSSR count). The van der Waals surface area contributed by atoms with Crippen LogP contribution in [0.3, 0.4) is 0 Å². The molecule has 2 aromatic rings. The molecule has 0 aliphatic carbocycles. The average molecular weight is 383 g/mol. The van der Waals surface area contributed by atoms with E-state index in [1.807, 2.05) is 30.3 Å². The molecule has 1 amide bonds. The van der Waals surface area contributed by atoms with Gasteiger partial charge in [-0.15, -0.1) is 0 Å². The second-order valence-corrected chi connectivity index (χ2v) is 7.87. The third-order valence-electron chi connectivity index (χ3n) is 4.05. The molecule has 1 fully saturated rings. The Bertz CT molecular complexity index is 917. The van der Waals surface area contributed by atoms with Gasteiger partial charge in [0.25, 0.3) is 5.91 Å². The van der Waals surface area contributed by atoms with Gasteiger partial charge in [-0.25, -0.2) is 4.79 Å². The summed E-state index contributed by atoms with van der Waals surface area (Å²) in [5.74, 6) is -0.836. The van der Waals surface area contributed by atoms with Crippen LogP contribution in [-0.2, 0) is 4.79 Å². The minimum Gasteiger partial charge on any atom is -0.478 e. The number of carboxylic acids is 1. The number of benzene rings is 2. The minimum atomic E-state index is -1.04. The number of rotatable bonds is 4. The second kappa shape index (κ2) is 7.43.